The quantitative estimate of drug-likeness (QED) is 0.835. The van der Waals surface area contributed by atoms with Gasteiger partial charge in [0, 0.05) is 6.54 Å². The Balaban J connectivity index is 1.87. The fourth-order valence-electron chi connectivity index (χ4n) is 3.45. The van der Waals surface area contributed by atoms with Crippen LogP contribution >= 0.6 is 0 Å². The van der Waals surface area contributed by atoms with Gasteiger partial charge in [0.05, 0.1) is 0 Å². The van der Waals surface area contributed by atoms with Gasteiger partial charge in [0.2, 0.25) is 11.8 Å². The van der Waals surface area contributed by atoms with Crippen molar-refractivity contribution in [2.24, 2.45) is 17.8 Å². The van der Waals surface area contributed by atoms with E-state index in [-0.39, 0.29) is 23.8 Å². The predicted octanol–water partition coefficient (Wildman–Crippen LogP) is 1.94. The van der Waals surface area contributed by atoms with Gasteiger partial charge in [0.15, 0.2) is 0 Å². The van der Waals surface area contributed by atoms with E-state index in [4.69, 9.17) is 0 Å². The van der Waals surface area contributed by atoms with Gasteiger partial charge < -0.3 is 10.2 Å². The lowest BCUT2D eigenvalue weighted by Crippen LogP contribution is -2.71. The van der Waals surface area contributed by atoms with Crippen LogP contribution in [0.4, 0.5) is 0 Å². The number of hydrogen-bond donors (Lipinski definition) is 1. The second-order valence-electron chi connectivity index (χ2n) is 7.20. The lowest BCUT2D eigenvalue weighted by molar-refractivity contribution is -0.157. The molecule has 0 aromatic carbocycles. The van der Waals surface area contributed by atoms with Crippen molar-refractivity contribution in [3.05, 3.63) is 0 Å². The molecule has 3 atom stereocenters. The molecule has 1 N–H and O–H groups in total. The molecule has 3 fully saturated rings. The van der Waals surface area contributed by atoms with Crippen LogP contribution in [0.2, 0.25) is 0 Å². The number of rotatable bonds is 5. The molecule has 20 heavy (non-hydrogen) atoms. The summed E-state index contributed by atoms with van der Waals surface area (Å²) in [6, 6.07) is -0.264. The van der Waals surface area contributed by atoms with E-state index in [1.165, 1.54) is 12.8 Å². The second kappa shape index (κ2) is 4.74. The van der Waals surface area contributed by atoms with E-state index in [2.05, 4.69) is 19.2 Å². The Bertz CT molecular complexity index is 428. The standard InChI is InChI=1S/C16H26N2O2/c1-4-10(2)13-14(19)17-16(3,12-7-8-12)15(20)18(13)9-11-5-6-11/h10-13H,4-9H2,1-3H3,(H,17,19). The Kier molecular flexibility index (Phi) is 3.30. The zero-order valence-electron chi connectivity index (χ0n) is 12.8. The molecule has 3 aliphatic rings. The van der Waals surface area contributed by atoms with Crippen LogP contribution in [0.1, 0.15) is 52.9 Å². The summed E-state index contributed by atoms with van der Waals surface area (Å²) in [4.78, 5) is 27.5. The largest absolute Gasteiger partial charge is 0.340 e. The molecule has 3 rings (SSSR count). The highest BCUT2D eigenvalue weighted by Crippen LogP contribution is 2.43. The minimum Gasteiger partial charge on any atom is -0.340 e. The van der Waals surface area contributed by atoms with Crippen LogP contribution in [0.25, 0.3) is 0 Å². The van der Waals surface area contributed by atoms with E-state index >= 15 is 0 Å². The normalized spacial score (nSPS) is 36.0. The van der Waals surface area contributed by atoms with Gasteiger partial charge in [-0.2, -0.15) is 0 Å². The zero-order chi connectivity index (χ0) is 14.5. The Hall–Kier alpha value is -1.06. The molecule has 0 aromatic heterocycles. The maximum absolute atomic E-state index is 13.0. The molecule has 0 aromatic rings. The zero-order valence-corrected chi connectivity index (χ0v) is 12.8. The SMILES string of the molecule is CCC(C)C1C(=O)NC(C)(C2CC2)C(=O)N1CC1CC1. The van der Waals surface area contributed by atoms with E-state index in [0.717, 1.165) is 25.8 Å². The number of nitrogens with one attached hydrogen (secondary N) is 1. The topological polar surface area (TPSA) is 49.4 Å². The molecule has 2 aliphatic carbocycles. The van der Waals surface area contributed by atoms with E-state index in [1.807, 2.05) is 11.8 Å². The maximum Gasteiger partial charge on any atom is 0.249 e. The minimum absolute atomic E-state index is 0.0639. The van der Waals surface area contributed by atoms with Crippen molar-refractivity contribution in [1.82, 2.24) is 10.2 Å². The molecular weight excluding hydrogens is 252 g/mol. The Morgan fingerprint density at radius 3 is 2.45 bits per heavy atom. The summed E-state index contributed by atoms with van der Waals surface area (Å²) in [5, 5.41) is 3.06. The van der Waals surface area contributed by atoms with Crippen molar-refractivity contribution in [1.29, 1.82) is 0 Å². The summed E-state index contributed by atoms with van der Waals surface area (Å²) in [6.07, 6.45) is 5.46. The molecule has 0 spiro atoms. The predicted molar refractivity (Wildman–Crippen MR) is 77.0 cm³/mol. The average molecular weight is 278 g/mol. The minimum atomic E-state index is -0.643. The number of carbonyl (C=O) groups excluding carboxylic acids is 2. The van der Waals surface area contributed by atoms with Crippen LogP contribution in [0.5, 0.6) is 0 Å². The molecular formula is C16H26N2O2. The van der Waals surface area contributed by atoms with Gasteiger partial charge in [-0.15, -0.1) is 0 Å². The Labute approximate surface area is 121 Å². The third kappa shape index (κ3) is 2.23. The first kappa shape index (κ1) is 13.9. The van der Waals surface area contributed by atoms with Gasteiger partial charge in [0.1, 0.15) is 11.6 Å². The highest BCUT2D eigenvalue weighted by molar-refractivity contribution is 6.00. The van der Waals surface area contributed by atoms with Crippen LogP contribution in [0.15, 0.2) is 0 Å². The molecule has 3 unspecified atom stereocenters. The van der Waals surface area contributed by atoms with Gasteiger partial charge in [-0.1, -0.05) is 20.3 Å². The maximum atomic E-state index is 13.0. The van der Waals surface area contributed by atoms with Crippen molar-refractivity contribution < 1.29 is 9.59 Å². The van der Waals surface area contributed by atoms with Crippen LogP contribution in [0, 0.1) is 17.8 Å². The fourth-order valence-corrected chi connectivity index (χ4v) is 3.45. The highest BCUT2D eigenvalue weighted by Gasteiger charge is 2.56. The number of amides is 2. The molecule has 0 bridgehead atoms. The summed E-state index contributed by atoms with van der Waals surface area (Å²) >= 11 is 0. The first-order valence-electron chi connectivity index (χ1n) is 8.10. The summed E-state index contributed by atoms with van der Waals surface area (Å²) < 4.78 is 0. The molecule has 4 heteroatoms. The van der Waals surface area contributed by atoms with Crippen molar-refractivity contribution in [2.45, 2.75) is 64.5 Å². The summed E-state index contributed by atoms with van der Waals surface area (Å²) in [7, 11) is 0. The van der Waals surface area contributed by atoms with Crippen LogP contribution < -0.4 is 5.32 Å². The number of hydrogen-bond acceptors (Lipinski definition) is 2. The summed E-state index contributed by atoms with van der Waals surface area (Å²) in [6.45, 7) is 6.88. The third-order valence-corrected chi connectivity index (χ3v) is 5.42. The molecule has 0 radical (unpaired) electrons. The van der Waals surface area contributed by atoms with Crippen LogP contribution in [0.3, 0.4) is 0 Å². The second-order valence-corrected chi connectivity index (χ2v) is 7.20. The van der Waals surface area contributed by atoms with E-state index in [0.29, 0.717) is 11.8 Å². The number of carbonyl (C=O) groups is 2. The summed E-state index contributed by atoms with van der Waals surface area (Å²) in [5.74, 6) is 1.42. The molecule has 2 amide bonds. The van der Waals surface area contributed by atoms with Gasteiger partial charge in [-0.05, 0) is 50.4 Å². The first-order valence-corrected chi connectivity index (χ1v) is 8.10. The van der Waals surface area contributed by atoms with Gasteiger partial charge in [0.25, 0.3) is 0 Å². The number of nitrogens with zero attached hydrogens (tertiary/aromatic N) is 1. The van der Waals surface area contributed by atoms with Crippen LogP contribution in [-0.4, -0.2) is 34.8 Å². The smallest absolute Gasteiger partial charge is 0.249 e. The average Bonchev–Trinajstić information content (AvgIpc) is 3.27. The van der Waals surface area contributed by atoms with E-state index in [9.17, 15) is 9.59 Å². The Morgan fingerprint density at radius 2 is 1.95 bits per heavy atom. The van der Waals surface area contributed by atoms with Crippen LogP contribution in [-0.2, 0) is 9.59 Å². The summed E-state index contributed by atoms with van der Waals surface area (Å²) in [5.41, 5.74) is -0.643. The van der Waals surface area contributed by atoms with Gasteiger partial charge in [-0.3, -0.25) is 9.59 Å². The molecule has 1 heterocycles. The van der Waals surface area contributed by atoms with E-state index < -0.39 is 5.54 Å². The molecule has 112 valence electrons. The highest BCUT2D eigenvalue weighted by atomic mass is 16.2. The van der Waals surface area contributed by atoms with Gasteiger partial charge in [-0.25, -0.2) is 0 Å². The molecule has 4 nitrogen and oxygen atoms in total. The molecule has 1 aliphatic heterocycles. The fraction of sp³-hybridized carbons (Fsp3) is 0.875. The van der Waals surface area contributed by atoms with Crippen molar-refractivity contribution >= 4 is 11.8 Å². The van der Waals surface area contributed by atoms with Crippen molar-refractivity contribution in [3.8, 4) is 0 Å². The lowest BCUT2D eigenvalue weighted by atomic mass is 9.85. The first-order chi connectivity index (χ1) is 9.47. The Morgan fingerprint density at radius 1 is 1.30 bits per heavy atom. The molecule has 2 saturated carbocycles. The van der Waals surface area contributed by atoms with Crippen molar-refractivity contribution in [2.75, 3.05) is 6.54 Å². The number of piperazine rings is 1. The van der Waals surface area contributed by atoms with Crippen molar-refractivity contribution in [3.63, 3.8) is 0 Å². The lowest BCUT2D eigenvalue weighted by Gasteiger charge is -2.46. The third-order valence-electron chi connectivity index (χ3n) is 5.42. The van der Waals surface area contributed by atoms with Gasteiger partial charge >= 0.3 is 0 Å². The molecule has 1 saturated heterocycles. The monoisotopic (exact) mass is 278 g/mol. The van der Waals surface area contributed by atoms with E-state index in [1.54, 1.807) is 0 Å².